The third kappa shape index (κ3) is 3.84. The van der Waals surface area contributed by atoms with Crippen LogP contribution in [0.15, 0.2) is 45.6 Å². The maximum Gasteiger partial charge on any atom is 0.416 e. The van der Waals surface area contributed by atoms with Crippen LogP contribution < -0.4 is 10.4 Å². The predicted octanol–water partition coefficient (Wildman–Crippen LogP) is 2.87. The zero-order valence-corrected chi connectivity index (χ0v) is 13.2. The summed E-state index contributed by atoms with van der Waals surface area (Å²) in [5.74, 6) is 0.248. The average Bonchev–Trinajstić information content (AvgIpc) is 2.48. The minimum atomic E-state index is -4.50. The lowest BCUT2D eigenvalue weighted by Crippen LogP contribution is -2.56. The average molecular weight is 353 g/mol. The van der Waals surface area contributed by atoms with Crippen molar-refractivity contribution in [1.82, 2.24) is 4.90 Å². The number of hydrogen-bond donors (Lipinski definition) is 0. The molecule has 1 aliphatic heterocycles. The van der Waals surface area contributed by atoms with Gasteiger partial charge in [-0.05, 0) is 25.1 Å². The summed E-state index contributed by atoms with van der Waals surface area (Å²) in [6, 6.07) is 7.06. The summed E-state index contributed by atoms with van der Waals surface area (Å²) in [4.78, 5) is 24.9. The van der Waals surface area contributed by atoms with Crippen molar-refractivity contribution in [3.8, 4) is 5.75 Å². The standard InChI is InChI=1S/C17H14F3NO4/c1-10-5-13(7-15(22)24-10)25-14-8-21(9-14)16(23)11-3-2-4-12(6-11)17(18,19)20/h2-7,14H,8-9H2,1H3. The molecule has 2 aromatic rings. The van der Waals surface area contributed by atoms with E-state index in [0.29, 0.717) is 11.5 Å². The second-order valence-corrected chi connectivity index (χ2v) is 5.75. The maximum absolute atomic E-state index is 12.7. The van der Waals surface area contributed by atoms with Gasteiger partial charge in [-0.2, -0.15) is 13.2 Å². The smallest absolute Gasteiger partial charge is 0.416 e. The van der Waals surface area contributed by atoms with E-state index in [4.69, 9.17) is 9.15 Å². The SMILES string of the molecule is Cc1cc(OC2CN(C(=O)c3cccc(C(F)(F)F)c3)C2)cc(=O)o1. The van der Waals surface area contributed by atoms with Gasteiger partial charge in [0.15, 0.2) is 0 Å². The summed E-state index contributed by atoms with van der Waals surface area (Å²) >= 11 is 0. The Morgan fingerprint density at radius 1 is 1.24 bits per heavy atom. The van der Waals surface area contributed by atoms with E-state index >= 15 is 0 Å². The number of hydrogen-bond acceptors (Lipinski definition) is 4. The number of nitrogens with zero attached hydrogens (tertiary/aromatic N) is 1. The van der Waals surface area contributed by atoms with E-state index in [1.807, 2.05) is 0 Å². The molecule has 2 heterocycles. The highest BCUT2D eigenvalue weighted by atomic mass is 19.4. The number of amides is 1. The van der Waals surface area contributed by atoms with Gasteiger partial charge in [0.25, 0.3) is 5.91 Å². The van der Waals surface area contributed by atoms with Gasteiger partial charge in [-0.1, -0.05) is 6.07 Å². The first-order chi connectivity index (χ1) is 11.7. The second-order valence-electron chi connectivity index (χ2n) is 5.75. The number of ether oxygens (including phenoxy) is 1. The highest BCUT2D eigenvalue weighted by Gasteiger charge is 2.35. The molecule has 1 aromatic heterocycles. The minimum absolute atomic E-state index is 0.0236. The van der Waals surface area contributed by atoms with Gasteiger partial charge in [-0.15, -0.1) is 0 Å². The molecule has 0 saturated carbocycles. The lowest BCUT2D eigenvalue weighted by atomic mass is 10.1. The number of alkyl halides is 3. The Hall–Kier alpha value is -2.77. The lowest BCUT2D eigenvalue weighted by Gasteiger charge is -2.39. The third-order valence-corrected chi connectivity index (χ3v) is 3.74. The summed E-state index contributed by atoms with van der Waals surface area (Å²) < 4.78 is 48.5. The molecule has 0 N–H and O–H groups in total. The zero-order chi connectivity index (χ0) is 18.2. The molecule has 132 valence electrons. The molecule has 0 bridgehead atoms. The van der Waals surface area contributed by atoms with Gasteiger partial charge in [0.1, 0.15) is 17.6 Å². The Morgan fingerprint density at radius 2 is 1.96 bits per heavy atom. The normalized spacial score (nSPS) is 15.0. The molecule has 1 fully saturated rings. The number of aryl methyl sites for hydroxylation is 1. The molecule has 0 aliphatic carbocycles. The van der Waals surface area contributed by atoms with Crippen LogP contribution in [0.4, 0.5) is 13.2 Å². The summed E-state index contributed by atoms with van der Waals surface area (Å²) in [5, 5.41) is 0. The molecule has 3 rings (SSSR count). The van der Waals surface area contributed by atoms with E-state index in [9.17, 15) is 22.8 Å². The van der Waals surface area contributed by atoms with Gasteiger partial charge in [0.05, 0.1) is 24.7 Å². The first-order valence-electron chi connectivity index (χ1n) is 7.47. The fourth-order valence-corrected chi connectivity index (χ4v) is 2.53. The Bertz CT molecular complexity index is 853. The van der Waals surface area contributed by atoms with Crippen molar-refractivity contribution >= 4 is 5.91 Å². The molecule has 8 heteroatoms. The molecule has 1 aliphatic rings. The monoisotopic (exact) mass is 353 g/mol. The van der Waals surface area contributed by atoms with Crippen molar-refractivity contribution < 1.29 is 27.1 Å². The van der Waals surface area contributed by atoms with E-state index in [1.54, 1.807) is 13.0 Å². The molecule has 0 unspecified atom stereocenters. The van der Waals surface area contributed by atoms with Gasteiger partial charge in [0, 0.05) is 11.6 Å². The quantitative estimate of drug-likeness (QED) is 0.851. The number of likely N-dealkylation sites (tertiary alicyclic amines) is 1. The highest BCUT2D eigenvalue weighted by molar-refractivity contribution is 5.95. The largest absolute Gasteiger partial charge is 0.486 e. The van der Waals surface area contributed by atoms with Crippen LogP contribution >= 0.6 is 0 Å². The fraction of sp³-hybridized carbons (Fsp3) is 0.294. The third-order valence-electron chi connectivity index (χ3n) is 3.74. The van der Waals surface area contributed by atoms with Gasteiger partial charge in [0.2, 0.25) is 0 Å². The van der Waals surface area contributed by atoms with Crippen molar-refractivity contribution in [2.24, 2.45) is 0 Å². The number of carbonyl (C=O) groups is 1. The van der Waals surface area contributed by atoms with E-state index in [0.717, 1.165) is 12.1 Å². The Labute approximate surface area is 140 Å². The molecule has 1 amide bonds. The van der Waals surface area contributed by atoms with Crippen molar-refractivity contribution in [3.63, 3.8) is 0 Å². The predicted molar refractivity (Wildman–Crippen MR) is 81.5 cm³/mol. The number of rotatable bonds is 3. The van der Waals surface area contributed by atoms with Crippen molar-refractivity contribution in [1.29, 1.82) is 0 Å². The van der Waals surface area contributed by atoms with E-state index in [-0.39, 0.29) is 24.8 Å². The molecule has 1 aromatic carbocycles. The summed E-state index contributed by atoms with van der Waals surface area (Å²) in [5.41, 5.74) is -1.42. The molecule has 0 radical (unpaired) electrons. The minimum Gasteiger partial charge on any atom is -0.486 e. The first-order valence-corrected chi connectivity index (χ1v) is 7.47. The van der Waals surface area contributed by atoms with Gasteiger partial charge in [-0.25, -0.2) is 4.79 Å². The van der Waals surface area contributed by atoms with Crippen molar-refractivity contribution in [2.45, 2.75) is 19.2 Å². The maximum atomic E-state index is 12.7. The van der Waals surface area contributed by atoms with Crippen LogP contribution in [0, 0.1) is 6.92 Å². The Morgan fingerprint density at radius 3 is 2.60 bits per heavy atom. The van der Waals surface area contributed by atoms with Crippen LogP contribution in [0.25, 0.3) is 0 Å². The molecule has 0 spiro atoms. The summed E-state index contributed by atoms with van der Waals surface area (Å²) in [6.07, 6.45) is -4.82. The molecule has 5 nitrogen and oxygen atoms in total. The topological polar surface area (TPSA) is 59.8 Å². The molecule has 1 saturated heterocycles. The molecule has 0 atom stereocenters. The fourth-order valence-electron chi connectivity index (χ4n) is 2.53. The van der Waals surface area contributed by atoms with Crippen LogP contribution in [0.2, 0.25) is 0 Å². The molecular formula is C17H14F3NO4. The van der Waals surface area contributed by atoms with Crippen LogP contribution in [0.1, 0.15) is 21.7 Å². The van der Waals surface area contributed by atoms with E-state index in [1.165, 1.54) is 23.1 Å². The van der Waals surface area contributed by atoms with Gasteiger partial charge >= 0.3 is 11.8 Å². The molecular weight excluding hydrogens is 339 g/mol. The van der Waals surface area contributed by atoms with Gasteiger partial charge < -0.3 is 14.1 Å². The summed E-state index contributed by atoms with van der Waals surface area (Å²) in [6.45, 7) is 2.07. The van der Waals surface area contributed by atoms with Crippen LogP contribution in [0.3, 0.4) is 0 Å². The molecule has 25 heavy (non-hydrogen) atoms. The first kappa shape index (κ1) is 17.1. The number of carbonyl (C=O) groups excluding carboxylic acids is 1. The van der Waals surface area contributed by atoms with Crippen LogP contribution in [-0.4, -0.2) is 30.0 Å². The zero-order valence-electron chi connectivity index (χ0n) is 13.2. The highest BCUT2D eigenvalue weighted by Crippen LogP contribution is 2.30. The van der Waals surface area contributed by atoms with Crippen molar-refractivity contribution in [3.05, 3.63) is 63.7 Å². The lowest BCUT2D eigenvalue weighted by molar-refractivity contribution is -0.137. The van der Waals surface area contributed by atoms with Crippen LogP contribution in [-0.2, 0) is 6.18 Å². The van der Waals surface area contributed by atoms with Crippen molar-refractivity contribution in [2.75, 3.05) is 13.1 Å². The number of benzene rings is 1. The number of halogens is 3. The van der Waals surface area contributed by atoms with E-state index < -0.39 is 23.3 Å². The van der Waals surface area contributed by atoms with Gasteiger partial charge in [-0.3, -0.25) is 4.79 Å². The summed E-state index contributed by atoms with van der Waals surface area (Å²) in [7, 11) is 0. The second kappa shape index (κ2) is 6.27. The Kier molecular flexibility index (Phi) is 4.28. The van der Waals surface area contributed by atoms with E-state index in [2.05, 4.69) is 0 Å². The Balaban J connectivity index is 1.62. The van der Waals surface area contributed by atoms with Crippen LogP contribution in [0.5, 0.6) is 5.75 Å².